The molecule has 1 aliphatic heterocycles. The van der Waals surface area contributed by atoms with Gasteiger partial charge in [0, 0.05) is 5.02 Å². The summed E-state index contributed by atoms with van der Waals surface area (Å²) in [5.74, 6) is -0.881. The first kappa shape index (κ1) is 19.9. The molecule has 2 aromatic rings. The number of aromatic hydroxyl groups is 1. The smallest absolute Gasteiger partial charge is 0.270 e. The van der Waals surface area contributed by atoms with Crippen LogP contribution in [0.4, 0.5) is 5.69 Å². The summed E-state index contributed by atoms with van der Waals surface area (Å²) in [5.41, 5.74) is 0.935. The van der Waals surface area contributed by atoms with Crippen LogP contribution in [0, 0.1) is 0 Å². The zero-order valence-corrected chi connectivity index (χ0v) is 16.5. The highest BCUT2D eigenvalue weighted by molar-refractivity contribution is 7.80. The van der Waals surface area contributed by atoms with E-state index in [0.29, 0.717) is 22.9 Å². The molecule has 0 spiro atoms. The Morgan fingerprint density at radius 1 is 1.21 bits per heavy atom. The number of phenols is 1. The van der Waals surface area contributed by atoms with E-state index in [1.54, 1.807) is 36.4 Å². The third-order valence-corrected chi connectivity index (χ3v) is 4.48. The molecular weight excluding hydrogens is 400 g/mol. The molecule has 3 rings (SSSR count). The molecule has 6 nitrogen and oxygen atoms in total. The van der Waals surface area contributed by atoms with E-state index in [-0.39, 0.29) is 22.2 Å². The summed E-state index contributed by atoms with van der Waals surface area (Å²) >= 11 is 11.1. The number of amides is 2. The van der Waals surface area contributed by atoms with Crippen LogP contribution in [0.25, 0.3) is 6.08 Å². The van der Waals surface area contributed by atoms with Gasteiger partial charge in [0.25, 0.3) is 11.8 Å². The Labute approximate surface area is 172 Å². The van der Waals surface area contributed by atoms with Gasteiger partial charge in [0.2, 0.25) is 0 Å². The molecule has 144 valence electrons. The van der Waals surface area contributed by atoms with Crippen LogP contribution in [0.2, 0.25) is 5.02 Å². The van der Waals surface area contributed by atoms with E-state index in [1.807, 2.05) is 6.92 Å². The fourth-order valence-corrected chi connectivity index (χ4v) is 3.00. The van der Waals surface area contributed by atoms with Crippen molar-refractivity contribution in [1.82, 2.24) is 5.32 Å². The van der Waals surface area contributed by atoms with Gasteiger partial charge in [0.1, 0.15) is 5.57 Å². The van der Waals surface area contributed by atoms with Crippen molar-refractivity contribution in [3.05, 3.63) is 58.6 Å². The predicted octanol–water partition coefficient (Wildman–Crippen LogP) is 3.67. The molecule has 0 aliphatic carbocycles. The number of hydrogen-bond acceptors (Lipinski definition) is 5. The van der Waals surface area contributed by atoms with E-state index in [2.05, 4.69) is 5.32 Å². The molecule has 0 atom stereocenters. The van der Waals surface area contributed by atoms with Crippen molar-refractivity contribution in [1.29, 1.82) is 0 Å². The Kier molecular flexibility index (Phi) is 5.96. The molecule has 0 unspecified atom stereocenters. The van der Waals surface area contributed by atoms with E-state index < -0.39 is 11.8 Å². The van der Waals surface area contributed by atoms with Crippen molar-refractivity contribution < 1.29 is 19.4 Å². The minimum atomic E-state index is -0.593. The molecule has 1 saturated heterocycles. The summed E-state index contributed by atoms with van der Waals surface area (Å²) in [6, 6.07) is 11.1. The van der Waals surface area contributed by atoms with Crippen molar-refractivity contribution in [2.45, 2.75) is 13.3 Å². The second-order valence-electron chi connectivity index (χ2n) is 6.01. The first-order chi connectivity index (χ1) is 13.4. The Hall–Kier alpha value is -2.90. The number of halogens is 1. The molecular formula is C20H17ClN2O4S. The number of thiocarbonyl (C=S) groups is 1. The number of carbonyl (C=O) groups is 2. The SMILES string of the molecule is CCCOc1cc(C=C2C(=O)NC(=S)N(c3ccc(Cl)cc3)C2=O)ccc1O. The van der Waals surface area contributed by atoms with Crippen LogP contribution in [0.5, 0.6) is 11.5 Å². The summed E-state index contributed by atoms with van der Waals surface area (Å²) in [5, 5.41) is 12.9. The van der Waals surface area contributed by atoms with Gasteiger partial charge in [-0.3, -0.25) is 19.8 Å². The highest BCUT2D eigenvalue weighted by atomic mass is 35.5. The fraction of sp³-hybridized carbons (Fsp3) is 0.150. The maximum absolute atomic E-state index is 13.0. The van der Waals surface area contributed by atoms with Gasteiger partial charge in [0.05, 0.1) is 12.3 Å². The Balaban J connectivity index is 1.96. The number of nitrogens with one attached hydrogen (secondary N) is 1. The van der Waals surface area contributed by atoms with Gasteiger partial charge in [-0.1, -0.05) is 24.6 Å². The van der Waals surface area contributed by atoms with Crippen molar-refractivity contribution in [3.63, 3.8) is 0 Å². The van der Waals surface area contributed by atoms with Gasteiger partial charge in [-0.25, -0.2) is 0 Å². The molecule has 2 N–H and O–H groups in total. The summed E-state index contributed by atoms with van der Waals surface area (Å²) < 4.78 is 5.48. The average Bonchev–Trinajstić information content (AvgIpc) is 2.66. The number of nitrogens with zero attached hydrogens (tertiary/aromatic N) is 1. The van der Waals surface area contributed by atoms with Crippen LogP contribution in [0.3, 0.4) is 0 Å². The van der Waals surface area contributed by atoms with Gasteiger partial charge >= 0.3 is 0 Å². The quantitative estimate of drug-likeness (QED) is 0.441. The van der Waals surface area contributed by atoms with E-state index in [4.69, 9.17) is 28.6 Å². The predicted molar refractivity (Wildman–Crippen MR) is 112 cm³/mol. The van der Waals surface area contributed by atoms with Gasteiger partial charge < -0.3 is 9.84 Å². The molecule has 28 heavy (non-hydrogen) atoms. The van der Waals surface area contributed by atoms with Crippen LogP contribution in [-0.2, 0) is 9.59 Å². The fourth-order valence-electron chi connectivity index (χ4n) is 2.60. The lowest BCUT2D eigenvalue weighted by atomic mass is 10.1. The van der Waals surface area contributed by atoms with Gasteiger partial charge in [-0.05, 0) is 66.7 Å². The molecule has 0 aromatic heterocycles. The largest absolute Gasteiger partial charge is 0.504 e. The molecule has 1 aliphatic rings. The minimum absolute atomic E-state index is 0.00727. The standard InChI is InChI=1S/C20H17ClN2O4S/c1-2-9-27-17-11-12(3-8-16(17)24)10-15-18(25)22-20(28)23(19(15)26)14-6-4-13(21)5-7-14/h3-8,10-11,24H,2,9H2,1H3,(H,22,25,28). The number of ether oxygens (including phenoxy) is 1. The molecule has 1 heterocycles. The molecule has 2 aromatic carbocycles. The van der Waals surface area contributed by atoms with Crippen molar-refractivity contribution in [2.75, 3.05) is 11.5 Å². The third-order valence-electron chi connectivity index (χ3n) is 3.94. The average molecular weight is 417 g/mol. The number of hydrogen-bond donors (Lipinski definition) is 2. The summed E-state index contributed by atoms with van der Waals surface area (Å²) in [6.07, 6.45) is 2.21. The van der Waals surface area contributed by atoms with Crippen molar-refractivity contribution in [2.24, 2.45) is 0 Å². The highest BCUT2D eigenvalue weighted by Crippen LogP contribution is 2.29. The molecule has 2 amide bonds. The number of carbonyl (C=O) groups excluding carboxylic acids is 2. The summed E-state index contributed by atoms with van der Waals surface area (Å²) in [6.45, 7) is 2.38. The third kappa shape index (κ3) is 4.16. The number of phenolic OH excluding ortho intramolecular Hbond substituents is 1. The van der Waals surface area contributed by atoms with E-state index in [1.165, 1.54) is 17.0 Å². The lowest BCUT2D eigenvalue weighted by Crippen LogP contribution is -2.54. The molecule has 0 bridgehead atoms. The first-order valence-corrected chi connectivity index (χ1v) is 9.32. The van der Waals surface area contributed by atoms with Gasteiger partial charge in [0.15, 0.2) is 16.6 Å². The van der Waals surface area contributed by atoms with Crippen LogP contribution in [-0.4, -0.2) is 28.6 Å². The first-order valence-electron chi connectivity index (χ1n) is 8.53. The number of benzene rings is 2. The van der Waals surface area contributed by atoms with Crippen LogP contribution in [0.1, 0.15) is 18.9 Å². The Morgan fingerprint density at radius 3 is 2.61 bits per heavy atom. The Bertz CT molecular complexity index is 973. The second kappa shape index (κ2) is 8.41. The molecule has 0 radical (unpaired) electrons. The van der Waals surface area contributed by atoms with Crippen LogP contribution < -0.4 is 15.0 Å². The highest BCUT2D eigenvalue weighted by Gasteiger charge is 2.34. The van der Waals surface area contributed by atoms with Gasteiger partial charge in [-0.15, -0.1) is 0 Å². The zero-order valence-electron chi connectivity index (χ0n) is 14.9. The molecule has 1 fully saturated rings. The Morgan fingerprint density at radius 2 is 1.93 bits per heavy atom. The lowest BCUT2D eigenvalue weighted by molar-refractivity contribution is -0.122. The minimum Gasteiger partial charge on any atom is -0.504 e. The lowest BCUT2D eigenvalue weighted by Gasteiger charge is -2.29. The monoisotopic (exact) mass is 416 g/mol. The number of rotatable bonds is 5. The second-order valence-corrected chi connectivity index (χ2v) is 6.83. The van der Waals surface area contributed by atoms with Crippen molar-refractivity contribution >= 4 is 52.5 Å². The van der Waals surface area contributed by atoms with Crippen LogP contribution >= 0.6 is 23.8 Å². The maximum Gasteiger partial charge on any atom is 0.270 e. The normalized spacial score (nSPS) is 15.7. The van der Waals surface area contributed by atoms with E-state index in [9.17, 15) is 14.7 Å². The van der Waals surface area contributed by atoms with Gasteiger partial charge in [-0.2, -0.15) is 0 Å². The summed E-state index contributed by atoms with van der Waals surface area (Å²) in [7, 11) is 0. The van der Waals surface area contributed by atoms with Crippen molar-refractivity contribution in [3.8, 4) is 11.5 Å². The van der Waals surface area contributed by atoms with E-state index in [0.717, 1.165) is 6.42 Å². The van der Waals surface area contributed by atoms with Crippen LogP contribution in [0.15, 0.2) is 48.0 Å². The zero-order chi connectivity index (χ0) is 20.3. The summed E-state index contributed by atoms with van der Waals surface area (Å²) in [4.78, 5) is 26.5. The molecule has 8 heteroatoms. The topological polar surface area (TPSA) is 78.9 Å². The molecule has 0 saturated carbocycles. The number of anilines is 1. The maximum atomic E-state index is 13.0. The van der Waals surface area contributed by atoms with E-state index >= 15 is 0 Å².